The van der Waals surface area contributed by atoms with E-state index in [1.165, 1.54) is 55.4 Å². The van der Waals surface area contributed by atoms with Gasteiger partial charge in [0, 0.05) is 0 Å². The van der Waals surface area contributed by atoms with Crippen LogP contribution in [-0.2, 0) is 4.94 Å². The smallest absolute Gasteiger partial charge is 0.140 e. The number of hydrogen-bond donors (Lipinski definition) is 4. The third-order valence-corrected chi connectivity index (χ3v) is 2.15. The van der Waals surface area contributed by atoms with Crippen LogP contribution in [0.2, 0.25) is 0 Å². The Bertz CT molecular complexity index is 235. The summed E-state index contributed by atoms with van der Waals surface area (Å²) in [5.74, 6) is 0. The van der Waals surface area contributed by atoms with Crippen molar-refractivity contribution in [1.29, 1.82) is 0 Å². The predicted octanol–water partition coefficient (Wildman–Crippen LogP) is 0.351. The van der Waals surface area contributed by atoms with Crippen LogP contribution in [-0.4, -0.2) is 53.5 Å². The van der Waals surface area contributed by atoms with Crippen molar-refractivity contribution in [3.05, 3.63) is 0 Å². The number of hydroxylamine groups is 4. The molecule has 0 rings (SSSR count). The average Bonchev–Trinajstić information content (AvgIpc) is 1.91. The highest BCUT2D eigenvalue weighted by Gasteiger charge is 2.45. The standard InChI is InChI=1S/C12H28N2O5/c1-9(2,15)13(10(3,4)16)19-14(11(5,6)17)12(7,8)18/h15-18H,1-8H3. The highest BCUT2D eigenvalue weighted by molar-refractivity contribution is 4.75. The molecule has 0 heterocycles. The van der Waals surface area contributed by atoms with Crippen molar-refractivity contribution in [2.75, 3.05) is 0 Å². The fourth-order valence-corrected chi connectivity index (χ4v) is 1.82. The van der Waals surface area contributed by atoms with Crippen LogP contribution in [0.15, 0.2) is 0 Å². The first-order chi connectivity index (χ1) is 7.97. The monoisotopic (exact) mass is 280 g/mol. The van der Waals surface area contributed by atoms with Gasteiger partial charge in [-0.2, -0.15) is 4.94 Å². The molecule has 0 unspecified atom stereocenters. The van der Waals surface area contributed by atoms with Crippen molar-refractivity contribution in [3.8, 4) is 0 Å². The van der Waals surface area contributed by atoms with Crippen LogP contribution in [0.1, 0.15) is 55.4 Å². The maximum absolute atomic E-state index is 10.0. The molecule has 0 saturated carbocycles. The average molecular weight is 280 g/mol. The van der Waals surface area contributed by atoms with Gasteiger partial charge in [-0.1, -0.05) is 0 Å². The van der Waals surface area contributed by atoms with Gasteiger partial charge >= 0.3 is 0 Å². The summed E-state index contributed by atoms with van der Waals surface area (Å²) < 4.78 is 0. The van der Waals surface area contributed by atoms with Gasteiger partial charge in [0.2, 0.25) is 0 Å². The largest absolute Gasteiger partial charge is 0.374 e. The van der Waals surface area contributed by atoms with Crippen molar-refractivity contribution in [1.82, 2.24) is 10.1 Å². The summed E-state index contributed by atoms with van der Waals surface area (Å²) in [7, 11) is 0. The first-order valence-corrected chi connectivity index (χ1v) is 6.15. The van der Waals surface area contributed by atoms with E-state index in [-0.39, 0.29) is 0 Å². The van der Waals surface area contributed by atoms with Crippen molar-refractivity contribution >= 4 is 0 Å². The van der Waals surface area contributed by atoms with E-state index in [2.05, 4.69) is 0 Å². The molecule has 0 radical (unpaired) electrons. The van der Waals surface area contributed by atoms with Crippen molar-refractivity contribution in [2.45, 2.75) is 78.3 Å². The van der Waals surface area contributed by atoms with Gasteiger partial charge in [-0.25, -0.2) is 0 Å². The van der Waals surface area contributed by atoms with Gasteiger partial charge in [0.1, 0.15) is 22.9 Å². The predicted molar refractivity (Wildman–Crippen MR) is 70.0 cm³/mol. The highest BCUT2D eigenvalue weighted by atomic mass is 16.9. The summed E-state index contributed by atoms with van der Waals surface area (Å²) in [5, 5.41) is 41.9. The number of aliphatic hydroxyl groups is 4. The molecule has 0 saturated heterocycles. The molecule has 4 N–H and O–H groups in total. The lowest BCUT2D eigenvalue weighted by Gasteiger charge is -2.48. The molecule has 0 fully saturated rings. The van der Waals surface area contributed by atoms with Gasteiger partial charge in [-0.3, -0.25) is 0 Å². The minimum atomic E-state index is -1.53. The quantitative estimate of drug-likeness (QED) is 0.412. The number of rotatable bonds is 6. The van der Waals surface area contributed by atoms with Crippen LogP contribution in [0, 0.1) is 0 Å². The van der Waals surface area contributed by atoms with Gasteiger partial charge in [0.15, 0.2) is 0 Å². The first kappa shape index (κ1) is 18.7. The van der Waals surface area contributed by atoms with E-state index in [1.54, 1.807) is 0 Å². The van der Waals surface area contributed by atoms with Crippen molar-refractivity contribution in [3.63, 3.8) is 0 Å². The maximum atomic E-state index is 10.0. The molecule has 7 heteroatoms. The van der Waals surface area contributed by atoms with E-state index < -0.39 is 22.9 Å². The lowest BCUT2D eigenvalue weighted by molar-refractivity contribution is -0.508. The SMILES string of the molecule is CC(C)(O)N(ON(C(C)(C)O)C(C)(C)O)C(C)(C)O. The topological polar surface area (TPSA) is 96.6 Å². The zero-order chi connectivity index (χ0) is 15.9. The van der Waals surface area contributed by atoms with E-state index >= 15 is 0 Å². The Morgan fingerprint density at radius 1 is 0.526 bits per heavy atom. The Hall–Kier alpha value is -0.280. The van der Waals surface area contributed by atoms with Crippen molar-refractivity contribution < 1.29 is 25.4 Å². The molecule has 0 atom stereocenters. The van der Waals surface area contributed by atoms with Gasteiger partial charge in [0.05, 0.1) is 0 Å². The molecule has 0 aromatic rings. The fraction of sp³-hybridized carbons (Fsp3) is 1.00. The zero-order valence-corrected chi connectivity index (χ0v) is 13.1. The first-order valence-electron chi connectivity index (χ1n) is 6.15. The molecule has 0 spiro atoms. The van der Waals surface area contributed by atoms with Gasteiger partial charge in [0.25, 0.3) is 0 Å². The molecule has 116 valence electrons. The van der Waals surface area contributed by atoms with E-state index in [0.717, 1.165) is 10.1 Å². The van der Waals surface area contributed by atoms with Crippen molar-refractivity contribution in [2.24, 2.45) is 0 Å². The van der Waals surface area contributed by atoms with Crippen LogP contribution in [0.5, 0.6) is 0 Å². The zero-order valence-electron chi connectivity index (χ0n) is 13.1. The van der Waals surface area contributed by atoms with Gasteiger partial charge in [-0.05, 0) is 55.4 Å². The minimum absolute atomic E-state index is 0.885. The van der Waals surface area contributed by atoms with E-state index in [4.69, 9.17) is 4.94 Å². The molecule has 0 aromatic carbocycles. The van der Waals surface area contributed by atoms with Crippen LogP contribution >= 0.6 is 0 Å². The number of nitrogens with zero attached hydrogens (tertiary/aromatic N) is 2. The molecule has 0 amide bonds. The summed E-state index contributed by atoms with van der Waals surface area (Å²) in [5.41, 5.74) is -6.14. The summed E-state index contributed by atoms with van der Waals surface area (Å²) >= 11 is 0. The molecule has 0 bridgehead atoms. The molecule has 0 aliphatic rings. The molecule has 0 aromatic heterocycles. The Morgan fingerprint density at radius 3 is 0.789 bits per heavy atom. The minimum Gasteiger partial charge on any atom is -0.374 e. The summed E-state index contributed by atoms with van der Waals surface area (Å²) in [4.78, 5) is 5.38. The summed E-state index contributed by atoms with van der Waals surface area (Å²) in [6.45, 7) is 11.3. The van der Waals surface area contributed by atoms with Crippen LogP contribution in [0.4, 0.5) is 0 Å². The van der Waals surface area contributed by atoms with Crippen LogP contribution < -0.4 is 0 Å². The Balaban J connectivity index is 5.43. The maximum Gasteiger partial charge on any atom is 0.140 e. The molecular formula is C12H28N2O5. The summed E-state index contributed by atoms with van der Waals surface area (Å²) in [6, 6.07) is 0. The van der Waals surface area contributed by atoms with Crippen LogP contribution in [0.3, 0.4) is 0 Å². The highest BCUT2D eigenvalue weighted by Crippen LogP contribution is 2.29. The Morgan fingerprint density at radius 2 is 0.684 bits per heavy atom. The second-order valence-corrected chi connectivity index (χ2v) is 6.65. The second-order valence-electron chi connectivity index (χ2n) is 6.65. The molecule has 0 aliphatic carbocycles. The molecule has 0 aliphatic heterocycles. The molecular weight excluding hydrogens is 252 g/mol. The van der Waals surface area contributed by atoms with E-state index in [9.17, 15) is 20.4 Å². The molecule has 19 heavy (non-hydrogen) atoms. The van der Waals surface area contributed by atoms with Gasteiger partial charge in [-0.15, -0.1) is 10.1 Å². The molecule has 7 nitrogen and oxygen atoms in total. The third kappa shape index (κ3) is 5.70. The lowest BCUT2D eigenvalue weighted by atomic mass is 10.2. The van der Waals surface area contributed by atoms with Crippen LogP contribution in [0.25, 0.3) is 0 Å². The Labute approximate surface area is 114 Å². The van der Waals surface area contributed by atoms with E-state index in [0.29, 0.717) is 0 Å². The third-order valence-electron chi connectivity index (χ3n) is 2.15. The number of hydrogen-bond acceptors (Lipinski definition) is 7. The lowest BCUT2D eigenvalue weighted by Crippen LogP contribution is -2.64. The second kappa shape index (κ2) is 5.25. The van der Waals surface area contributed by atoms with Gasteiger partial charge < -0.3 is 20.4 Å². The normalized spacial score (nSPS) is 15.5. The fourth-order valence-electron chi connectivity index (χ4n) is 1.82. The summed E-state index contributed by atoms with van der Waals surface area (Å²) in [6.07, 6.45) is 0. The Kier molecular flexibility index (Phi) is 5.17. The van der Waals surface area contributed by atoms with E-state index in [1.807, 2.05) is 0 Å².